The van der Waals surface area contributed by atoms with Crippen molar-refractivity contribution in [1.82, 2.24) is 10.3 Å². The topological polar surface area (TPSA) is 98.8 Å². The molecule has 0 saturated carbocycles. The molecule has 2 aromatic carbocycles. The van der Waals surface area contributed by atoms with Crippen LogP contribution in [0.1, 0.15) is 33.9 Å². The number of pyridine rings is 1. The van der Waals surface area contributed by atoms with E-state index in [1.807, 2.05) is 24.3 Å². The van der Waals surface area contributed by atoms with E-state index in [0.29, 0.717) is 32.9 Å². The van der Waals surface area contributed by atoms with Crippen molar-refractivity contribution in [3.05, 3.63) is 101 Å². The molecule has 0 amide bonds. The Labute approximate surface area is 205 Å². The van der Waals surface area contributed by atoms with Crippen LogP contribution >= 0.6 is 23.8 Å². The number of carboxylic acids is 1. The van der Waals surface area contributed by atoms with E-state index < -0.39 is 12.0 Å². The third-order valence-corrected chi connectivity index (χ3v) is 6.28. The summed E-state index contributed by atoms with van der Waals surface area (Å²) in [6, 6.07) is 19.6. The number of hydrogen-bond acceptors (Lipinski definition) is 5. The van der Waals surface area contributed by atoms with Gasteiger partial charge in [0.15, 0.2) is 5.11 Å². The molecule has 0 unspecified atom stereocenters. The number of phenols is 1. The van der Waals surface area contributed by atoms with Crippen molar-refractivity contribution >= 4 is 40.6 Å². The first kappa shape index (κ1) is 21.9. The number of para-hydroxylation sites is 2. The summed E-state index contributed by atoms with van der Waals surface area (Å²) in [6.07, 6.45) is 1.70. The average Bonchev–Trinajstić information content (AvgIpc) is 3.45. The van der Waals surface area contributed by atoms with Crippen molar-refractivity contribution in [2.45, 2.75) is 12.1 Å². The van der Waals surface area contributed by atoms with Crippen LogP contribution in [-0.4, -0.2) is 26.3 Å². The number of aromatic hydroxyl groups is 1. The van der Waals surface area contributed by atoms with Crippen molar-refractivity contribution < 1.29 is 19.4 Å². The molecule has 3 heterocycles. The lowest BCUT2D eigenvalue weighted by Crippen LogP contribution is -2.29. The number of furan rings is 1. The summed E-state index contributed by atoms with van der Waals surface area (Å²) < 4.78 is 6.23. The zero-order valence-corrected chi connectivity index (χ0v) is 19.1. The highest BCUT2D eigenvalue weighted by atomic mass is 35.5. The largest absolute Gasteiger partial charge is 0.506 e. The van der Waals surface area contributed by atoms with Crippen LogP contribution in [0.25, 0.3) is 11.3 Å². The van der Waals surface area contributed by atoms with Gasteiger partial charge in [-0.05, 0) is 66.8 Å². The van der Waals surface area contributed by atoms with E-state index in [4.69, 9.17) is 28.2 Å². The van der Waals surface area contributed by atoms with Gasteiger partial charge in [0.05, 0.1) is 28.0 Å². The summed E-state index contributed by atoms with van der Waals surface area (Å²) in [5.74, 6) is -0.0331. The fraction of sp³-hybridized carbons (Fsp3) is 0.0800. The van der Waals surface area contributed by atoms with Gasteiger partial charge in [-0.1, -0.05) is 29.8 Å². The summed E-state index contributed by atoms with van der Waals surface area (Å²) in [4.78, 5) is 17.7. The third kappa shape index (κ3) is 3.87. The van der Waals surface area contributed by atoms with Crippen molar-refractivity contribution in [1.29, 1.82) is 0 Å². The maximum Gasteiger partial charge on any atom is 0.335 e. The zero-order chi connectivity index (χ0) is 23.8. The molecule has 5 rings (SSSR count). The van der Waals surface area contributed by atoms with Gasteiger partial charge in [-0.25, -0.2) is 4.79 Å². The molecule has 4 aromatic rings. The molecule has 3 N–H and O–H groups in total. The summed E-state index contributed by atoms with van der Waals surface area (Å²) in [5, 5.41) is 24.0. The van der Waals surface area contributed by atoms with Crippen LogP contribution in [0.2, 0.25) is 5.02 Å². The highest BCUT2D eigenvalue weighted by Crippen LogP contribution is 2.45. The minimum Gasteiger partial charge on any atom is -0.506 e. The Morgan fingerprint density at radius 2 is 1.88 bits per heavy atom. The minimum absolute atomic E-state index is 0.0716. The highest BCUT2D eigenvalue weighted by Gasteiger charge is 2.43. The van der Waals surface area contributed by atoms with Crippen LogP contribution in [0.15, 0.2) is 83.4 Å². The predicted octanol–water partition coefficient (Wildman–Crippen LogP) is 5.58. The second kappa shape index (κ2) is 8.81. The number of halogens is 1. The Morgan fingerprint density at radius 1 is 1.09 bits per heavy atom. The first-order chi connectivity index (χ1) is 16.4. The van der Waals surface area contributed by atoms with Crippen LogP contribution in [0.4, 0.5) is 5.69 Å². The standard InChI is InChI=1S/C25H18ClN3O4S/c26-16-9-8-14(24(31)32)13-15(16)20-10-11-21(33-20)23-22(17-5-3-4-12-27-17)28-25(34)29(23)18-6-1-2-7-19(18)30/h1-13,22-23,30H,(H,28,34)(H,31,32)/t22-,23-/m0/s1. The van der Waals surface area contributed by atoms with Crippen LogP contribution in [-0.2, 0) is 0 Å². The monoisotopic (exact) mass is 491 g/mol. The highest BCUT2D eigenvalue weighted by molar-refractivity contribution is 7.80. The number of nitrogens with zero attached hydrogens (tertiary/aromatic N) is 2. The molecule has 2 aromatic heterocycles. The zero-order valence-electron chi connectivity index (χ0n) is 17.6. The van der Waals surface area contributed by atoms with Gasteiger partial charge in [0.25, 0.3) is 0 Å². The van der Waals surface area contributed by atoms with Crippen LogP contribution in [0, 0.1) is 0 Å². The molecule has 170 valence electrons. The Bertz CT molecular complexity index is 1390. The maximum atomic E-state index is 11.4. The summed E-state index contributed by atoms with van der Waals surface area (Å²) in [5.41, 5.74) is 1.83. The van der Waals surface area contributed by atoms with Crippen LogP contribution in [0.5, 0.6) is 5.75 Å². The van der Waals surface area contributed by atoms with E-state index >= 15 is 0 Å². The lowest BCUT2D eigenvalue weighted by molar-refractivity contribution is 0.0697. The first-order valence-electron chi connectivity index (χ1n) is 10.4. The van der Waals surface area contributed by atoms with Crippen LogP contribution < -0.4 is 10.2 Å². The molecule has 0 aliphatic carbocycles. The van der Waals surface area contributed by atoms with Crippen molar-refractivity contribution in [2.75, 3.05) is 4.90 Å². The Balaban J connectivity index is 1.62. The van der Waals surface area contributed by atoms with E-state index in [0.717, 1.165) is 5.69 Å². The number of thiocarbonyl (C=S) groups is 1. The Kier molecular flexibility index (Phi) is 5.69. The second-order valence-corrected chi connectivity index (χ2v) is 8.48. The van der Waals surface area contributed by atoms with E-state index in [1.165, 1.54) is 18.2 Å². The molecular formula is C25H18ClN3O4S. The summed E-state index contributed by atoms with van der Waals surface area (Å²) in [7, 11) is 0. The lowest BCUT2D eigenvalue weighted by atomic mass is 10.0. The molecule has 1 aliphatic heterocycles. The minimum atomic E-state index is -1.06. The van der Waals surface area contributed by atoms with E-state index in [1.54, 1.807) is 41.4 Å². The number of carboxylic acid groups (broad SMARTS) is 1. The van der Waals surface area contributed by atoms with Gasteiger partial charge in [-0.2, -0.15) is 0 Å². The number of rotatable bonds is 5. The van der Waals surface area contributed by atoms with E-state index in [2.05, 4.69) is 10.3 Å². The number of benzene rings is 2. The maximum absolute atomic E-state index is 11.4. The number of nitrogens with one attached hydrogen (secondary N) is 1. The van der Waals surface area contributed by atoms with Gasteiger partial charge >= 0.3 is 5.97 Å². The fourth-order valence-electron chi connectivity index (χ4n) is 4.07. The van der Waals surface area contributed by atoms with E-state index in [9.17, 15) is 15.0 Å². The predicted molar refractivity (Wildman–Crippen MR) is 132 cm³/mol. The molecule has 1 aliphatic rings. The normalized spacial score (nSPS) is 17.6. The molecular weight excluding hydrogens is 474 g/mol. The lowest BCUT2D eigenvalue weighted by Gasteiger charge is -2.26. The van der Waals surface area contributed by atoms with Gasteiger partial charge in [0.2, 0.25) is 0 Å². The number of aromatic nitrogens is 1. The molecule has 1 fully saturated rings. The fourth-order valence-corrected chi connectivity index (χ4v) is 4.62. The van der Waals surface area contributed by atoms with Gasteiger partial charge in [-0.15, -0.1) is 0 Å². The van der Waals surface area contributed by atoms with E-state index in [-0.39, 0.29) is 17.4 Å². The molecule has 9 heteroatoms. The Morgan fingerprint density at radius 3 is 2.62 bits per heavy atom. The third-order valence-electron chi connectivity index (χ3n) is 5.64. The molecule has 0 spiro atoms. The quantitative estimate of drug-likeness (QED) is 0.311. The number of aromatic carboxylic acids is 1. The molecule has 2 atom stereocenters. The van der Waals surface area contributed by atoms with Gasteiger partial charge in [0, 0.05) is 11.8 Å². The number of anilines is 1. The molecule has 7 nitrogen and oxygen atoms in total. The number of hydrogen-bond donors (Lipinski definition) is 3. The van der Waals surface area contributed by atoms with Crippen molar-refractivity contribution in [3.63, 3.8) is 0 Å². The second-order valence-electron chi connectivity index (χ2n) is 7.69. The number of phenolic OH excluding ortho intramolecular Hbond substituents is 1. The molecule has 34 heavy (non-hydrogen) atoms. The molecule has 1 saturated heterocycles. The van der Waals surface area contributed by atoms with Crippen molar-refractivity contribution in [2.24, 2.45) is 0 Å². The Hall–Kier alpha value is -3.88. The number of carbonyl (C=O) groups is 1. The molecule has 0 radical (unpaired) electrons. The van der Waals surface area contributed by atoms with Gasteiger partial charge < -0.3 is 24.8 Å². The van der Waals surface area contributed by atoms with Crippen LogP contribution in [0.3, 0.4) is 0 Å². The average molecular weight is 492 g/mol. The van der Waals surface area contributed by atoms with Gasteiger partial charge in [-0.3, -0.25) is 4.98 Å². The SMILES string of the molecule is O=C(O)c1ccc(Cl)c(-c2ccc([C@H]3[C@H](c4ccccn4)NC(=S)N3c3ccccc3O)o2)c1. The summed E-state index contributed by atoms with van der Waals surface area (Å²) >= 11 is 12.0. The summed E-state index contributed by atoms with van der Waals surface area (Å²) in [6.45, 7) is 0. The van der Waals surface area contributed by atoms with Gasteiger partial charge in [0.1, 0.15) is 23.3 Å². The molecule has 0 bridgehead atoms. The first-order valence-corrected chi connectivity index (χ1v) is 11.1. The smallest absolute Gasteiger partial charge is 0.335 e. The van der Waals surface area contributed by atoms with Crippen molar-refractivity contribution in [3.8, 4) is 17.1 Å².